The first-order chi connectivity index (χ1) is 12.1. The molecule has 0 radical (unpaired) electrons. The number of carbonyl (C=O) groups is 2. The molecule has 0 aliphatic carbocycles. The molecule has 1 amide bonds. The summed E-state index contributed by atoms with van der Waals surface area (Å²) < 4.78 is 10.6. The van der Waals surface area contributed by atoms with Crippen LogP contribution in [-0.4, -0.2) is 30.3 Å². The van der Waals surface area contributed by atoms with Gasteiger partial charge >= 0.3 is 12.1 Å². The summed E-state index contributed by atoms with van der Waals surface area (Å²) in [7, 11) is 1.57. The second kappa shape index (κ2) is 7.25. The number of amides is 1. The molecule has 2 aromatic rings. The lowest BCUT2D eigenvalue weighted by Gasteiger charge is -2.34. The standard InChI is InChI=1S/C19H19NO5/c1-24-15-8-10-16-14(11-15)7-9-17(18(21)22)20(16)19(23)25-12-13-5-3-2-4-6-13/h2-6,8,10-11,17H,7,9,12H2,1H3,(H,21,22). The van der Waals surface area contributed by atoms with Gasteiger partial charge in [-0.1, -0.05) is 30.3 Å². The molecule has 0 bridgehead atoms. The molecule has 3 rings (SSSR count). The number of ether oxygens (including phenoxy) is 2. The number of fused-ring (bicyclic) bond motifs is 1. The van der Waals surface area contributed by atoms with Crippen LogP contribution >= 0.6 is 0 Å². The molecule has 25 heavy (non-hydrogen) atoms. The van der Waals surface area contributed by atoms with Crippen LogP contribution in [0, 0.1) is 0 Å². The summed E-state index contributed by atoms with van der Waals surface area (Å²) in [6, 6.07) is 13.6. The smallest absolute Gasteiger partial charge is 0.415 e. The van der Waals surface area contributed by atoms with Crippen molar-refractivity contribution in [3.63, 3.8) is 0 Å². The van der Waals surface area contributed by atoms with Crippen molar-refractivity contribution >= 4 is 17.7 Å². The van der Waals surface area contributed by atoms with Crippen LogP contribution in [0.1, 0.15) is 17.5 Å². The zero-order chi connectivity index (χ0) is 17.8. The number of carboxylic acids is 1. The van der Waals surface area contributed by atoms with Crippen LogP contribution in [0.2, 0.25) is 0 Å². The van der Waals surface area contributed by atoms with Crippen LogP contribution in [0.15, 0.2) is 48.5 Å². The van der Waals surface area contributed by atoms with E-state index >= 15 is 0 Å². The summed E-state index contributed by atoms with van der Waals surface area (Å²) in [5.41, 5.74) is 2.26. The highest BCUT2D eigenvalue weighted by Gasteiger charge is 2.36. The van der Waals surface area contributed by atoms with Crippen LogP contribution in [0.3, 0.4) is 0 Å². The molecule has 0 fully saturated rings. The Labute approximate surface area is 145 Å². The van der Waals surface area contributed by atoms with E-state index < -0.39 is 18.1 Å². The number of methoxy groups -OCH3 is 1. The normalized spacial score (nSPS) is 16.0. The largest absolute Gasteiger partial charge is 0.497 e. The van der Waals surface area contributed by atoms with E-state index in [0.29, 0.717) is 24.3 Å². The fraction of sp³-hybridized carbons (Fsp3) is 0.263. The molecule has 6 nitrogen and oxygen atoms in total. The lowest BCUT2D eigenvalue weighted by molar-refractivity contribution is -0.138. The summed E-state index contributed by atoms with van der Waals surface area (Å²) in [5, 5.41) is 9.50. The third-order valence-electron chi connectivity index (χ3n) is 4.23. The number of carboxylic acid groups (broad SMARTS) is 1. The number of benzene rings is 2. The summed E-state index contributed by atoms with van der Waals surface area (Å²) >= 11 is 0. The minimum absolute atomic E-state index is 0.0913. The van der Waals surface area contributed by atoms with Gasteiger partial charge in [0.25, 0.3) is 0 Å². The second-order valence-electron chi connectivity index (χ2n) is 5.80. The zero-order valence-corrected chi connectivity index (χ0v) is 13.8. The lowest BCUT2D eigenvalue weighted by atomic mass is 9.96. The minimum atomic E-state index is -1.04. The Bertz CT molecular complexity index is 775. The maximum atomic E-state index is 12.6. The number of nitrogens with zero attached hydrogens (tertiary/aromatic N) is 1. The van der Waals surface area contributed by atoms with Crippen LogP contribution in [-0.2, 0) is 22.6 Å². The Hall–Kier alpha value is -3.02. The fourth-order valence-corrected chi connectivity index (χ4v) is 2.96. The van der Waals surface area contributed by atoms with Gasteiger partial charge in [-0.05, 0) is 42.2 Å². The van der Waals surface area contributed by atoms with Crippen LogP contribution < -0.4 is 9.64 Å². The number of rotatable bonds is 4. The van der Waals surface area contributed by atoms with Crippen molar-refractivity contribution in [3.8, 4) is 5.75 Å². The van der Waals surface area contributed by atoms with E-state index in [-0.39, 0.29) is 6.61 Å². The highest BCUT2D eigenvalue weighted by molar-refractivity contribution is 5.96. The Morgan fingerprint density at radius 1 is 1.20 bits per heavy atom. The van der Waals surface area contributed by atoms with Gasteiger partial charge in [-0.3, -0.25) is 4.90 Å². The van der Waals surface area contributed by atoms with Crippen LogP contribution in [0.5, 0.6) is 5.75 Å². The molecule has 1 aliphatic rings. The van der Waals surface area contributed by atoms with Gasteiger partial charge in [0.15, 0.2) is 0 Å². The molecule has 0 saturated heterocycles. The number of aliphatic carboxylic acids is 1. The fourth-order valence-electron chi connectivity index (χ4n) is 2.96. The van der Waals surface area contributed by atoms with Crippen molar-refractivity contribution in [2.24, 2.45) is 0 Å². The van der Waals surface area contributed by atoms with Gasteiger partial charge in [-0.15, -0.1) is 0 Å². The predicted octanol–water partition coefficient (Wildman–Crippen LogP) is 3.24. The van der Waals surface area contributed by atoms with E-state index in [0.717, 1.165) is 11.1 Å². The average molecular weight is 341 g/mol. The highest BCUT2D eigenvalue weighted by Crippen LogP contribution is 2.34. The van der Waals surface area contributed by atoms with Crippen molar-refractivity contribution in [1.29, 1.82) is 0 Å². The summed E-state index contributed by atoms with van der Waals surface area (Å²) in [4.78, 5) is 25.4. The van der Waals surface area contributed by atoms with Gasteiger partial charge in [0.2, 0.25) is 0 Å². The third kappa shape index (κ3) is 3.57. The van der Waals surface area contributed by atoms with Crippen molar-refractivity contribution in [1.82, 2.24) is 0 Å². The Balaban J connectivity index is 1.85. The summed E-state index contributed by atoms with van der Waals surface area (Å²) in [6.45, 7) is 0.0913. The topological polar surface area (TPSA) is 76.1 Å². The minimum Gasteiger partial charge on any atom is -0.497 e. The third-order valence-corrected chi connectivity index (χ3v) is 4.23. The predicted molar refractivity (Wildman–Crippen MR) is 91.8 cm³/mol. The first-order valence-electron chi connectivity index (χ1n) is 8.00. The summed E-state index contributed by atoms with van der Waals surface area (Å²) in [5.74, 6) is -0.372. The van der Waals surface area contributed by atoms with Gasteiger partial charge in [0.1, 0.15) is 18.4 Å². The number of aryl methyl sites for hydroxylation is 1. The van der Waals surface area contributed by atoms with Crippen molar-refractivity contribution < 1.29 is 24.2 Å². The molecule has 130 valence electrons. The van der Waals surface area contributed by atoms with Gasteiger partial charge in [-0.25, -0.2) is 9.59 Å². The SMILES string of the molecule is COc1ccc2c(c1)CCC(C(=O)O)N2C(=O)OCc1ccccc1. The number of hydrogen-bond donors (Lipinski definition) is 1. The van der Waals surface area contributed by atoms with Crippen LogP contribution in [0.25, 0.3) is 0 Å². The van der Waals surface area contributed by atoms with Crippen molar-refractivity contribution in [2.75, 3.05) is 12.0 Å². The molecule has 1 atom stereocenters. The molecule has 0 saturated carbocycles. The molecule has 0 spiro atoms. The Morgan fingerprint density at radius 3 is 2.64 bits per heavy atom. The molecule has 1 heterocycles. The Kier molecular flexibility index (Phi) is 4.88. The van der Waals surface area contributed by atoms with E-state index in [1.165, 1.54) is 4.90 Å². The van der Waals surface area contributed by atoms with E-state index in [1.54, 1.807) is 19.2 Å². The molecule has 0 aromatic heterocycles. The molecular formula is C19H19NO5. The first kappa shape index (κ1) is 16.8. The highest BCUT2D eigenvalue weighted by atomic mass is 16.6. The molecule has 6 heteroatoms. The van der Waals surface area contributed by atoms with E-state index in [1.807, 2.05) is 36.4 Å². The quantitative estimate of drug-likeness (QED) is 0.924. The van der Waals surface area contributed by atoms with Gasteiger partial charge < -0.3 is 14.6 Å². The van der Waals surface area contributed by atoms with Crippen molar-refractivity contribution in [3.05, 3.63) is 59.7 Å². The summed E-state index contributed by atoms with van der Waals surface area (Å²) in [6.07, 6.45) is 0.226. The maximum absolute atomic E-state index is 12.6. The lowest BCUT2D eigenvalue weighted by Crippen LogP contribution is -2.48. The van der Waals surface area contributed by atoms with Crippen LogP contribution in [0.4, 0.5) is 10.5 Å². The first-order valence-corrected chi connectivity index (χ1v) is 8.00. The zero-order valence-electron chi connectivity index (χ0n) is 13.8. The van der Waals surface area contributed by atoms with Gasteiger partial charge in [0.05, 0.1) is 12.8 Å². The van der Waals surface area contributed by atoms with Gasteiger partial charge in [-0.2, -0.15) is 0 Å². The number of anilines is 1. The maximum Gasteiger partial charge on any atom is 0.415 e. The molecule has 1 unspecified atom stereocenters. The van der Waals surface area contributed by atoms with Gasteiger partial charge in [0, 0.05) is 0 Å². The monoisotopic (exact) mass is 341 g/mol. The molecular weight excluding hydrogens is 322 g/mol. The number of hydrogen-bond acceptors (Lipinski definition) is 4. The van der Waals surface area contributed by atoms with E-state index in [2.05, 4.69) is 0 Å². The average Bonchev–Trinajstić information content (AvgIpc) is 2.65. The molecule has 2 aromatic carbocycles. The molecule has 1 N–H and O–H groups in total. The Morgan fingerprint density at radius 2 is 1.96 bits per heavy atom. The van der Waals surface area contributed by atoms with E-state index in [4.69, 9.17) is 9.47 Å². The van der Waals surface area contributed by atoms with Crippen molar-refractivity contribution in [2.45, 2.75) is 25.5 Å². The second-order valence-corrected chi connectivity index (χ2v) is 5.80. The molecule has 1 aliphatic heterocycles. The number of carbonyl (C=O) groups excluding carboxylic acids is 1. The van der Waals surface area contributed by atoms with E-state index in [9.17, 15) is 14.7 Å².